The van der Waals surface area contributed by atoms with E-state index in [1.165, 1.54) is 0 Å². The van der Waals surface area contributed by atoms with E-state index in [4.69, 9.17) is 10.5 Å². The van der Waals surface area contributed by atoms with E-state index in [-0.39, 0.29) is 5.78 Å². The monoisotopic (exact) mass is 221 g/mol. The summed E-state index contributed by atoms with van der Waals surface area (Å²) < 4.78 is 5.21. The van der Waals surface area contributed by atoms with Gasteiger partial charge in [0.1, 0.15) is 5.75 Å². The second kappa shape index (κ2) is 5.66. The van der Waals surface area contributed by atoms with Gasteiger partial charge in [0.15, 0.2) is 5.78 Å². The fourth-order valence-electron chi connectivity index (χ4n) is 1.71. The van der Waals surface area contributed by atoms with E-state index in [0.717, 1.165) is 28.9 Å². The van der Waals surface area contributed by atoms with E-state index in [9.17, 15) is 4.79 Å². The minimum atomic E-state index is 0.161. The number of aryl methyl sites for hydroxylation is 2. The molecule has 0 aliphatic carbocycles. The van der Waals surface area contributed by atoms with Crippen LogP contribution in [0.3, 0.4) is 0 Å². The van der Waals surface area contributed by atoms with Crippen LogP contribution in [0, 0.1) is 13.8 Å². The SMILES string of the molecule is COc1cc(C)c(C(=O)CCCN)cc1C. The fraction of sp³-hybridized carbons (Fsp3) is 0.462. The molecule has 3 nitrogen and oxygen atoms in total. The molecule has 1 aromatic carbocycles. The van der Waals surface area contributed by atoms with Crippen LogP contribution in [0.25, 0.3) is 0 Å². The van der Waals surface area contributed by atoms with Crippen LogP contribution in [0.5, 0.6) is 5.75 Å². The van der Waals surface area contributed by atoms with E-state index in [0.29, 0.717) is 13.0 Å². The topological polar surface area (TPSA) is 52.3 Å². The van der Waals surface area contributed by atoms with Gasteiger partial charge in [0, 0.05) is 12.0 Å². The van der Waals surface area contributed by atoms with Crippen molar-refractivity contribution < 1.29 is 9.53 Å². The first-order chi connectivity index (χ1) is 7.60. The van der Waals surface area contributed by atoms with Crippen molar-refractivity contribution in [2.45, 2.75) is 26.7 Å². The second-order valence-electron chi connectivity index (χ2n) is 3.95. The van der Waals surface area contributed by atoms with Crippen LogP contribution in [0.4, 0.5) is 0 Å². The molecule has 0 fully saturated rings. The minimum absolute atomic E-state index is 0.161. The number of Topliss-reactive ketones (excluding diaryl/α,β-unsaturated/α-hetero) is 1. The summed E-state index contributed by atoms with van der Waals surface area (Å²) in [5, 5.41) is 0. The average molecular weight is 221 g/mol. The molecule has 2 N–H and O–H groups in total. The molecule has 1 rings (SSSR count). The number of methoxy groups -OCH3 is 1. The zero-order valence-electron chi connectivity index (χ0n) is 10.2. The molecule has 0 aliphatic heterocycles. The van der Waals surface area contributed by atoms with Gasteiger partial charge in [-0.2, -0.15) is 0 Å². The number of ketones is 1. The predicted molar refractivity (Wildman–Crippen MR) is 65.1 cm³/mol. The average Bonchev–Trinajstić information content (AvgIpc) is 2.28. The molecule has 0 aromatic heterocycles. The predicted octanol–water partition coefficient (Wildman–Crippen LogP) is 2.23. The van der Waals surface area contributed by atoms with Crippen molar-refractivity contribution in [2.75, 3.05) is 13.7 Å². The molecule has 0 spiro atoms. The Morgan fingerprint density at radius 3 is 2.56 bits per heavy atom. The smallest absolute Gasteiger partial charge is 0.163 e. The lowest BCUT2D eigenvalue weighted by Crippen LogP contribution is -2.07. The highest BCUT2D eigenvalue weighted by atomic mass is 16.5. The quantitative estimate of drug-likeness (QED) is 0.776. The van der Waals surface area contributed by atoms with Gasteiger partial charge in [0.25, 0.3) is 0 Å². The number of ether oxygens (including phenoxy) is 1. The van der Waals surface area contributed by atoms with Crippen LogP contribution >= 0.6 is 0 Å². The summed E-state index contributed by atoms with van der Waals surface area (Å²) in [4.78, 5) is 11.9. The van der Waals surface area contributed by atoms with Gasteiger partial charge in [-0.3, -0.25) is 4.79 Å². The van der Waals surface area contributed by atoms with E-state index >= 15 is 0 Å². The molecule has 3 heteroatoms. The normalized spacial score (nSPS) is 10.2. The molecule has 88 valence electrons. The number of rotatable bonds is 5. The lowest BCUT2D eigenvalue weighted by Gasteiger charge is -2.10. The first-order valence-electron chi connectivity index (χ1n) is 5.48. The van der Waals surface area contributed by atoms with Gasteiger partial charge in [-0.25, -0.2) is 0 Å². The highest BCUT2D eigenvalue weighted by Crippen LogP contribution is 2.23. The zero-order valence-corrected chi connectivity index (χ0v) is 10.2. The first kappa shape index (κ1) is 12.7. The Labute approximate surface area is 96.6 Å². The van der Waals surface area contributed by atoms with Crippen LogP contribution in [0.15, 0.2) is 12.1 Å². The van der Waals surface area contributed by atoms with Gasteiger partial charge in [-0.15, -0.1) is 0 Å². The zero-order chi connectivity index (χ0) is 12.1. The third-order valence-corrected chi connectivity index (χ3v) is 2.65. The van der Waals surface area contributed by atoms with Gasteiger partial charge < -0.3 is 10.5 Å². The molecule has 0 aliphatic rings. The molecule has 0 heterocycles. The maximum Gasteiger partial charge on any atom is 0.163 e. The Hall–Kier alpha value is -1.35. The van der Waals surface area contributed by atoms with Gasteiger partial charge in [-0.1, -0.05) is 0 Å². The van der Waals surface area contributed by atoms with Crippen LogP contribution in [0.1, 0.15) is 34.3 Å². The van der Waals surface area contributed by atoms with E-state index in [1.54, 1.807) is 7.11 Å². The molecule has 0 bridgehead atoms. The van der Waals surface area contributed by atoms with E-state index < -0.39 is 0 Å². The van der Waals surface area contributed by atoms with Gasteiger partial charge in [-0.05, 0) is 50.1 Å². The van der Waals surface area contributed by atoms with Gasteiger partial charge in [0.05, 0.1) is 7.11 Å². The lowest BCUT2D eigenvalue weighted by molar-refractivity contribution is 0.0980. The number of benzene rings is 1. The Bertz CT molecular complexity index is 386. The lowest BCUT2D eigenvalue weighted by atomic mass is 9.98. The Kier molecular flexibility index (Phi) is 4.50. The van der Waals surface area contributed by atoms with Crippen LogP contribution in [0.2, 0.25) is 0 Å². The highest BCUT2D eigenvalue weighted by Gasteiger charge is 2.11. The Morgan fingerprint density at radius 2 is 2.00 bits per heavy atom. The molecule has 1 aromatic rings. The van der Waals surface area contributed by atoms with E-state index in [2.05, 4.69) is 0 Å². The summed E-state index contributed by atoms with van der Waals surface area (Å²) in [7, 11) is 1.64. The first-order valence-corrected chi connectivity index (χ1v) is 5.48. The fourth-order valence-corrected chi connectivity index (χ4v) is 1.71. The molecule has 0 saturated heterocycles. The minimum Gasteiger partial charge on any atom is -0.496 e. The molecular weight excluding hydrogens is 202 g/mol. The van der Waals surface area contributed by atoms with Crippen molar-refractivity contribution in [2.24, 2.45) is 5.73 Å². The number of carbonyl (C=O) groups is 1. The van der Waals surface area contributed by atoms with E-state index in [1.807, 2.05) is 26.0 Å². The number of nitrogens with two attached hydrogens (primary N) is 1. The van der Waals surface area contributed by atoms with Gasteiger partial charge >= 0.3 is 0 Å². The van der Waals surface area contributed by atoms with Crippen molar-refractivity contribution in [3.63, 3.8) is 0 Å². The summed E-state index contributed by atoms with van der Waals surface area (Å²) in [5.74, 6) is 0.988. The highest BCUT2D eigenvalue weighted by molar-refractivity contribution is 5.97. The summed E-state index contributed by atoms with van der Waals surface area (Å²) in [5.41, 5.74) is 8.13. The van der Waals surface area contributed by atoms with Crippen molar-refractivity contribution in [1.29, 1.82) is 0 Å². The van der Waals surface area contributed by atoms with Gasteiger partial charge in [0.2, 0.25) is 0 Å². The van der Waals surface area contributed by atoms with Crippen molar-refractivity contribution in [1.82, 2.24) is 0 Å². The molecular formula is C13H19NO2. The van der Waals surface area contributed by atoms with Crippen LogP contribution < -0.4 is 10.5 Å². The Balaban J connectivity index is 2.97. The number of hydrogen-bond donors (Lipinski definition) is 1. The van der Waals surface area contributed by atoms with Crippen molar-refractivity contribution in [3.8, 4) is 5.75 Å². The van der Waals surface area contributed by atoms with Crippen LogP contribution in [-0.4, -0.2) is 19.4 Å². The summed E-state index contributed by atoms with van der Waals surface area (Å²) in [6, 6.07) is 3.80. The number of hydrogen-bond acceptors (Lipinski definition) is 3. The Morgan fingerprint density at radius 1 is 1.31 bits per heavy atom. The van der Waals surface area contributed by atoms with Crippen molar-refractivity contribution >= 4 is 5.78 Å². The van der Waals surface area contributed by atoms with Crippen LogP contribution in [-0.2, 0) is 0 Å². The largest absolute Gasteiger partial charge is 0.496 e. The summed E-state index contributed by atoms with van der Waals surface area (Å²) >= 11 is 0. The number of carbonyl (C=O) groups excluding carboxylic acids is 1. The molecule has 16 heavy (non-hydrogen) atoms. The second-order valence-corrected chi connectivity index (χ2v) is 3.95. The molecule has 0 saturated carbocycles. The third-order valence-electron chi connectivity index (χ3n) is 2.65. The third kappa shape index (κ3) is 2.83. The van der Waals surface area contributed by atoms with Crippen molar-refractivity contribution in [3.05, 3.63) is 28.8 Å². The maximum atomic E-state index is 11.9. The summed E-state index contributed by atoms with van der Waals surface area (Å²) in [6.45, 7) is 4.43. The standard InChI is InChI=1S/C13H19NO2/c1-9-8-13(16-3)10(2)7-11(9)12(15)5-4-6-14/h7-8H,4-6,14H2,1-3H3. The summed E-state index contributed by atoms with van der Waals surface area (Å²) in [6.07, 6.45) is 1.26. The molecule has 0 unspecified atom stereocenters. The maximum absolute atomic E-state index is 11.9. The molecule has 0 amide bonds. The molecule has 0 atom stereocenters. The molecule has 0 radical (unpaired) electrons.